The molecule has 6 rings (SSSR count). The van der Waals surface area contributed by atoms with Crippen molar-refractivity contribution in [1.29, 1.82) is 0 Å². The molecule has 3 aromatic rings. The second-order valence-corrected chi connectivity index (χ2v) is 9.75. The lowest BCUT2D eigenvalue weighted by Gasteiger charge is -2.39. The summed E-state index contributed by atoms with van der Waals surface area (Å²) in [6, 6.07) is 8.98. The fourth-order valence-corrected chi connectivity index (χ4v) is 5.68. The number of aromatic amines is 1. The Morgan fingerprint density at radius 2 is 1.94 bits per heavy atom. The molecule has 5 heterocycles. The van der Waals surface area contributed by atoms with Crippen LogP contribution in [0.25, 0.3) is 22.2 Å². The van der Waals surface area contributed by atoms with Gasteiger partial charge >= 0.3 is 0 Å². The summed E-state index contributed by atoms with van der Waals surface area (Å²) in [6.45, 7) is 12.5. The first-order valence-electron chi connectivity index (χ1n) is 13.0. The molecule has 1 aromatic carbocycles. The molecule has 2 N–H and O–H groups in total. The number of benzene rings is 1. The largest absolute Gasteiger partial charge is 0.378 e. The minimum atomic E-state index is 0.456. The number of H-pyrrole nitrogens is 1. The zero-order valence-electron chi connectivity index (χ0n) is 20.6. The van der Waals surface area contributed by atoms with Crippen molar-refractivity contribution >= 4 is 28.4 Å². The maximum Gasteiger partial charge on any atom is 0.228 e. The summed E-state index contributed by atoms with van der Waals surface area (Å²) in [5.74, 6) is 1.84. The number of allylic oxidation sites excluding steroid dienone is 1. The van der Waals surface area contributed by atoms with Gasteiger partial charge in [0, 0.05) is 60.6 Å². The van der Waals surface area contributed by atoms with E-state index in [1.807, 2.05) is 6.20 Å². The van der Waals surface area contributed by atoms with Gasteiger partial charge in [0.15, 0.2) is 5.82 Å². The van der Waals surface area contributed by atoms with E-state index in [1.165, 1.54) is 11.1 Å². The third-order valence-corrected chi connectivity index (χ3v) is 7.61. The van der Waals surface area contributed by atoms with Gasteiger partial charge in [0.05, 0.1) is 19.9 Å². The van der Waals surface area contributed by atoms with E-state index >= 15 is 0 Å². The molecule has 2 saturated heterocycles. The van der Waals surface area contributed by atoms with Crippen molar-refractivity contribution in [3.63, 3.8) is 0 Å². The standard InChI is InChI=1S/C27H35N7O/c1-3-5-19(2)32-12-9-20(10-13-32)34-18-29-25-24(22-6-4-7-23-21(22)8-11-28-23)30-27(31-26(25)34)33-14-16-35-17-15-33/h4,6-8,11,20,28-29H,2-3,5,9-10,12-18H2,1H3. The molecule has 184 valence electrons. The number of ether oxygens (including phenoxy) is 1. The normalized spacial score (nSPS) is 18.7. The average Bonchev–Trinajstić information content (AvgIpc) is 3.56. The van der Waals surface area contributed by atoms with Gasteiger partial charge in [-0.3, -0.25) is 0 Å². The first-order chi connectivity index (χ1) is 17.2. The van der Waals surface area contributed by atoms with Crippen molar-refractivity contribution in [1.82, 2.24) is 19.9 Å². The van der Waals surface area contributed by atoms with Gasteiger partial charge in [0.1, 0.15) is 11.4 Å². The average molecular weight is 474 g/mol. The minimum absolute atomic E-state index is 0.456. The van der Waals surface area contributed by atoms with E-state index < -0.39 is 0 Å². The predicted molar refractivity (Wildman–Crippen MR) is 142 cm³/mol. The van der Waals surface area contributed by atoms with E-state index in [-0.39, 0.29) is 0 Å². The molecular formula is C27H35N7O. The number of likely N-dealkylation sites (tertiary alicyclic amines) is 1. The molecule has 0 atom stereocenters. The number of aromatic nitrogens is 3. The number of nitrogens with zero attached hydrogens (tertiary/aromatic N) is 5. The van der Waals surface area contributed by atoms with E-state index in [0.717, 1.165) is 92.8 Å². The second-order valence-electron chi connectivity index (χ2n) is 9.75. The second kappa shape index (κ2) is 9.41. The molecular weight excluding hydrogens is 438 g/mol. The topological polar surface area (TPSA) is 72.5 Å². The van der Waals surface area contributed by atoms with Crippen molar-refractivity contribution in [3.05, 3.63) is 42.7 Å². The molecule has 8 nitrogen and oxygen atoms in total. The lowest BCUT2D eigenvalue weighted by Crippen LogP contribution is -2.45. The van der Waals surface area contributed by atoms with E-state index in [9.17, 15) is 0 Å². The molecule has 3 aliphatic rings. The number of anilines is 3. The molecule has 2 fully saturated rings. The molecule has 35 heavy (non-hydrogen) atoms. The summed E-state index contributed by atoms with van der Waals surface area (Å²) in [5, 5.41) is 4.86. The van der Waals surface area contributed by atoms with Crippen LogP contribution in [-0.2, 0) is 4.74 Å². The van der Waals surface area contributed by atoms with Gasteiger partial charge < -0.3 is 29.7 Å². The number of morpholine rings is 1. The summed E-state index contributed by atoms with van der Waals surface area (Å²) in [5.41, 5.74) is 5.57. The van der Waals surface area contributed by atoms with Gasteiger partial charge in [0.25, 0.3) is 0 Å². The van der Waals surface area contributed by atoms with Crippen LogP contribution in [-0.4, -0.2) is 72.0 Å². The molecule has 0 spiro atoms. The number of rotatable bonds is 6. The number of fused-ring (bicyclic) bond motifs is 2. The molecule has 0 aliphatic carbocycles. The number of piperidine rings is 1. The van der Waals surface area contributed by atoms with E-state index in [2.05, 4.69) is 62.8 Å². The van der Waals surface area contributed by atoms with Crippen LogP contribution in [0.4, 0.5) is 17.5 Å². The minimum Gasteiger partial charge on any atom is -0.378 e. The third-order valence-electron chi connectivity index (χ3n) is 7.61. The predicted octanol–water partition coefficient (Wildman–Crippen LogP) is 4.43. The third kappa shape index (κ3) is 4.10. The molecule has 0 unspecified atom stereocenters. The van der Waals surface area contributed by atoms with Crippen molar-refractivity contribution in [2.45, 2.75) is 38.6 Å². The van der Waals surface area contributed by atoms with Gasteiger partial charge in [-0.2, -0.15) is 4.98 Å². The zero-order valence-corrected chi connectivity index (χ0v) is 20.6. The monoisotopic (exact) mass is 473 g/mol. The van der Waals surface area contributed by atoms with Crippen molar-refractivity contribution < 1.29 is 4.74 Å². The first kappa shape index (κ1) is 22.2. The fourth-order valence-electron chi connectivity index (χ4n) is 5.68. The molecule has 0 bridgehead atoms. The van der Waals surface area contributed by atoms with Crippen LogP contribution in [0, 0.1) is 0 Å². The molecule has 8 heteroatoms. The zero-order chi connectivity index (χ0) is 23.8. The Kier molecular flexibility index (Phi) is 5.98. The van der Waals surface area contributed by atoms with Crippen LogP contribution < -0.4 is 15.1 Å². The highest BCUT2D eigenvalue weighted by Crippen LogP contribution is 2.43. The molecule has 3 aliphatic heterocycles. The summed E-state index contributed by atoms with van der Waals surface area (Å²) in [4.78, 5) is 20.8. The molecule has 0 amide bonds. The highest BCUT2D eigenvalue weighted by Gasteiger charge is 2.34. The SMILES string of the molecule is C=C(CCC)N1CCC(N2CNc3c(-c4cccc5[nH]ccc45)nc(N4CCOCC4)nc32)CC1. The van der Waals surface area contributed by atoms with Crippen LogP contribution >= 0.6 is 0 Å². The van der Waals surface area contributed by atoms with Crippen molar-refractivity contribution in [2.75, 3.05) is 61.2 Å². The Labute approximate surface area is 207 Å². The Morgan fingerprint density at radius 1 is 1.11 bits per heavy atom. The molecule has 0 saturated carbocycles. The number of nitrogens with one attached hydrogen (secondary N) is 2. The summed E-state index contributed by atoms with van der Waals surface area (Å²) in [7, 11) is 0. The van der Waals surface area contributed by atoms with Gasteiger partial charge in [-0.25, -0.2) is 4.98 Å². The van der Waals surface area contributed by atoms with E-state index in [0.29, 0.717) is 19.3 Å². The lowest BCUT2D eigenvalue weighted by molar-refractivity contribution is 0.122. The van der Waals surface area contributed by atoms with Crippen LogP contribution in [0.5, 0.6) is 0 Å². The van der Waals surface area contributed by atoms with E-state index in [1.54, 1.807) is 0 Å². The Morgan fingerprint density at radius 3 is 2.74 bits per heavy atom. The highest BCUT2D eigenvalue weighted by atomic mass is 16.5. The summed E-state index contributed by atoms with van der Waals surface area (Å²) < 4.78 is 5.60. The molecule has 0 radical (unpaired) electrons. The lowest BCUT2D eigenvalue weighted by atomic mass is 10.0. The van der Waals surface area contributed by atoms with Crippen molar-refractivity contribution in [2.24, 2.45) is 0 Å². The number of hydrogen-bond donors (Lipinski definition) is 2. The molecule has 2 aromatic heterocycles. The fraction of sp³-hybridized carbons (Fsp3) is 0.481. The summed E-state index contributed by atoms with van der Waals surface area (Å²) in [6.07, 6.45) is 6.47. The summed E-state index contributed by atoms with van der Waals surface area (Å²) >= 11 is 0. The smallest absolute Gasteiger partial charge is 0.228 e. The maximum absolute atomic E-state index is 5.60. The van der Waals surface area contributed by atoms with Gasteiger partial charge in [-0.1, -0.05) is 32.1 Å². The van der Waals surface area contributed by atoms with Crippen LogP contribution in [0.1, 0.15) is 32.6 Å². The van der Waals surface area contributed by atoms with Crippen molar-refractivity contribution in [3.8, 4) is 11.3 Å². The van der Waals surface area contributed by atoms with Gasteiger partial charge in [-0.05, 0) is 31.4 Å². The van der Waals surface area contributed by atoms with Gasteiger partial charge in [-0.15, -0.1) is 0 Å². The van der Waals surface area contributed by atoms with Crippen LogP contribution in [0.2, 0.25) is 0 Å². The highest BCUT2D eigenvalue weighted by molar-refractivity contribution is 5.99. The Bertz CT molecular complexity index is 1210. The number of hydrogen-bond acceptors (Lipinski definition) is 7. The Balaban J connectivity index is 1.36. The maximum atomic E-state index is 5.60. The Hall–Kier alpha value is -3.26. The van der Waals surface area contributed by atoms with Crippen LogP contribution in [0.3, 0.4) is 0 Å². The quantitative estimate of drug-likeness (QED) is 0.549. The first-order valence-corrected chi connectivity index (χ1v) is 13.0. The van der Waals surface area contributed by atoms with E-state index in [4.69, 9.17) is 14.7 Å². The van der Waals surface area contributed by atoms with Gasteiger partial charge in [0.2, 0.25) is 5.95 Å². The van der Waals surface area contributed by atoms with Crippen LogP contribution in [0.15, 0.2) is 42.7 Å².